The third kappa shape index (κ3) is 0.816. The van der Waals surface area contributed by atoms with Gasteiger partial charge in [-0.3, -0.25) is 4.79 Å². The zero-order chi connectivity index (χ0) is 6.15. The van der Waals surface area contributed by atoms with Gasteiger partial charge in [0.25, 0.3) is 0 Å². The van der Waals surface area contributed by atoms with E-state index in [0.717, 1.165) is 0 Å². The Balaban J connectivity index is 2.25. The van der Waals surface area contributed by atoms with E-state index in [1.54, 1.807) is 0 Å². The minimum absolute atomic E-state index is 0.148. The number of nitrogens with two attached hydrogens (primary N) is 1. The molecule has 0 atom stereocenters. The van der Waals surface area contributed by atoms with Crippen molar-refractivity contribution in [3.63, 3.8) is 0 Å². The van der Waals surface area contributed by atoms with Crippen LogP contribution in [0.3, 0.4) is 0 Å². The molecule has 0 heterocycles. The lowest BCUT2D eigenvalue weighted by Crippen LogP contribution is -2.40. The molecule has 1 aliphatic rings. The number of carboxylic acids is 1. The second kappa shape index (κ2) is 1.74. The highest BCUT2D eigenvalue weighted by Crippen LogP contribution is 2.24. The van der Waals surface area contributed by atoms with Crippen LogP contribution in [0, 0.1) is 5.92 Å². The first-order valence-electron chi connectivity index (χ1n) is 2.68. The van der Waals surface area contributed by atoms with Crippen LogP contribution in [0.5, 0.6) is 0 Å². The smallest absolute Gasteiger partial charge is 0.306 e. The van der Waals surface area contributed by atoms with Gasteiger partial charge >= 0.3 is 5.97 Å². The molecule has 0 aliphatic heterocycles. The second-order valence-electron chi connectivity index (χ2n) is 2.27. The Morgan fingerprint density at radius 2 is 2.12 bits per heavy atom. The largest absolute Gasteiger partial charge is 0.481 e. The molecule has 1 aliphatic carbocycles. The molecule has 3 nitrogen and oxygen atoms in total. The molecule has 0 spiro atoms. The van der Waals surface area contributed by atoms with E-state index in [9.17, 15) is 4.79 Å². The number of aliphatic carboxylic acids is 1. The van der Waals surface area contributed by atoms with Crippen LogP contribution in [0.4, 0.5) is 0 Å². The maximum Gasteiger partial charge on any atom is 0.306 e. The van der Waals surface area contributed by atoms with Gasteiger partial charge in [0.05, 0.1) is 5.92 Å². The summed E-state index contributed by atoms with van der Waals surface area (Å²) in [5, 5.41) is 8.30. The Morgan fingerprint density at radius 1 is 1.62 bits per heavy atom. The summed E-state index contributed by atoms with van der Waals surface area (Å²) in [7, 11) is 0. The minimum Gasteiger partial charge on any atom is -0.481 e. The van der Waals surface area contributed by atoms with Gasteiger partial charge in [0.2, 0.25) is 0 Å². The fourth-order valence-corrected chi connectivity index (χ4v) is 0.864. The Morgan fingerprint density at radius 3 is 2.25 bits per heavy atom. The standard InChI is InChI=1S/C5H9NO2/c6-4-1-3(2-4)5(7)8/h3-4H,1-2,6H2,(H,7,8). The monoisotopic (exact) mass is 115 g/mol. The van der Waals surface area contributed by atoms with Gasteiger partial charge in [-0.1, -0.05) is 0 Å². The first-order valence-corrected chi connectivity index (χ1v) is 2.68. The van der Waals surface area contributed by atoms with Crippen LogP contribution in [0.2, 0.25) is 0 Å². The molecule has 1 saturated carbocycles. The highest BCUT2D eigenvalue weighted by Gasteiger charge is 2.31. The van der Waals surface area contributed by atoms with E-state index in [0.29, 0.717) is 12.8 Å². The van der Waals surface area contributed by atoms with Gasteiger partial charge in [-0.05, 0) is 12.8 Å². The van der Waals surface area contributed by atoms with Crippen molar-refractivity contribution >= 4 is 5.97 Å². The zero-order valence-electron chi connectivity index (χ0n) is 4.50. The van der Waals surface area contributed by atoms with Crippen LogP contribution in [-0.2, 0) is 4.79 Å². The lowest BCUT2D eigenvalue weighted by Gasteiger charge is -2.28. The van der Waals surface area contributed by atoms with E-state index in [-0.39, 0.29) is 12.0 Å². The molecular weight excluding hydrogens is 106 g/mol. The molecule has 1 rings (SSSR count). The van der Waals surface area contributed by atoms with Gasteiger partial charge in [0.15, 0.2) is 0 Å². The summed E-state index contributed by atoms with van der Waals surface area (Å²) in [5.74, 6) is -0.850. The number of carboxylic acid groups (broad SMARTS) is 1. The number of rotatable bonds is 1. The van der Waals surface area contributed by atoms with E-state index >= 15 is 0 Å². The van der Waals surface area contributed by atoms with Gasteiger partial charge in [-0.2, -0.15) is 0 Å². The van der Waals surface area contributed by atoms with Crippen molar-refractivity contribution in [2.45, 2.75) is 18.9 Å². The van der Waals surface area contributed by atoms with Gasteiger partial charge in [-0.25, -0.2) is 0 Å². The summed E-state index contributed by atoms with van der Waals surface area (Å²) in [4.78, 5) is 10.1. The first-order chi connectivity index (χ1) is 3.70. The molecule has 3 N–H and O–H groups in total. The highest BCUT2D eigenvalue weighted by atomic mass is 16.4. The molecule has 3 heteroatoms. The summed E-state index contributed by atoms with van der Waals surface area (Å²) in [6.45, 7) is 0. The van der Waals surface area contributed by atoms with Crippen LogP contribution >= 0.6 is 0 Å². The van der Waals surface area contributed by atoms with E-state index in [2.05, 4.69) is 0 Å². The number of hydrogen-bond donors (Lipinski definition) is 2. The van der Waals surface area contributed by atoms with Crippen LogP contribution < -0.4 is 5.73 Å². The zero-order valence-corrected chi connectivity index (χ0v) is 4.50. The Kier molecular flexibility index (Phi) is 1.21. The summed E-state index contributed by atoms with van der Waals surface area (Å²) in [5.41, 5.74) is 5.34. The lowest BCUT2D eigenvalue weighted by atomic mass is 9.81. The molecule has 0 aromatic heterocycles. The van der Waals surface area contributed by atoms with Crippen molar-refractivity contribution in [3.8, 4) is 0 Å². The summed E-state index contributed by atoms with van der Waals surface area (Å²) >= 11 is 0. The SMILES string of the molecule is NC1CC(C(=O)O)C1. The average molecular weight is 115 g/mol. The van der Waals surface area contributed by atoms with Crippen LogP contribution in [0.15, 0.2) is 0 Å². The maximum absolute atomic E-state index is 10.1. The minimum atomic E-state index is -0.702. The van der Waals surface area contributed by atoms with Crippen molar-refractivity contribution in [1.82, 2.24) is 0 Å². The molecule has 0 unspecified atom stereocenters. The summed E-state index contributed by atoms with van der Waals surface area (Å²) < 4.78 is 0. The molecule has 1 fully saturated rings. The second-order valence-corrected chi connectivity index (χ2v) is 2.27. The number of carbonyl (C=O) groups is 1. The van der Waals surface area contributed by atoms with Crippen LogP contribution in [0.25, 0.3) is 0 Å². The van der Waals surface area contributed by atoms with E-state index in [1.165, 1.54) is 0 Å². The van der Waals surface area contributed by atoms with Crippen molar-refractivity contribution in [2.75, 3.05) is 0 Å². The molecule has 0 saturated heterocycles. The van der Waals surface area contributed by atoms with Gasteiger partial charge in [-0.15, -0.1) is 0 Å². The van der Waals surface area contributed by atoms with E-state index in [1.807, 2.05) is 0 Å². The fourth-order valence-electron chi connectivity index (χ4n) is 0.864. The predicted octanol–water partition coefficient (Wildman–Crippen LogP) is -0.192. The normalized spacial score (nSPS) is 36.1. The van der Waals surface area contributed by atoms with Crippen LogP contribution in [-0.4, -0.2) is 17.1 Å². The fraction of sp³-hybridized carbons (Fsp3) is 0.800. The van der Waals surface area contributed by atoms with Gasteiger partial charge in [0.1, 0.15) is 0 Å². The summed E-state index contributed by atoms with van der Waals surface area (Å²) in [6, 6.07) is 0.149. The Labute approximate surface area is 47.5 Å². The Hall–Kier alpha value is -0.570. The summed E-state index contributed by atoms with van der Waals surface area (Å²) in [6.07, 6.45) is 1.32. The number of hydrogen-bond acceptors (Lipinski definition) is 2. The molecule has 0 radical (unpaired) electrons. The van der Waals surface area contributed by atoms with E-state index in [4.69, 9.17) is 10.8 Å². The quantitative estimate of drug-likeness (QED) is 0.497. The predicted molar refractivity (Wildman–Crippen MR) is 28.3 cm³/mol. The highest BCUT2D eigenvalue weighted by molar-refractivity contribution is 5.71. The third-order valence-electron chi connectivity index (χ3n) is 1.52. The molecule has 46 valence electrons. The van der Waals surface area contributed by atoms with Crippen molar-refractivity contribution in [2.24, 2.45) is 11.7 Å². The maximum atomic E-state index is 10.1. The van der Waals surface area contributed by atoms with Crippen LogP contribution in [0.1, 0.15) is 12.8 Å². The molecule has 0 aromatic rings. The Bertz CT molecular complexity index is 107. The average Bonchev–Trinajstić information content (AvgIpc) is 1.57. The first kappa shape index (κ1) is 5.56. The molecule has 0 bridgehead atoms. The van der Waals surface area contributed by atoms with Gasteiger partial charge in [0, 0.05) is 6.04 Å². The topological polar surface area (TPSA) is 63.3 Å². The van der Waals surface area contributed by atoms with Crippen molar-refractivity contribution in [3.05, 3.63) is 0 Å². The van der Waals surface area contributed by atoms with Crippen molar-refractivity contribution < 1.29 is 9.90 Å². The van der Waals surface area contributed by atoms with Crippen molar-refractivity contribution in [1.29, 1.82) is 0 Å². The molecule has 0 amide bonds. The molecule has 0 aromatic carbocycles. The van der Waals surface area contributed by atoms with E-state index < -0.39 is 5.97 Å². The third-order valence-corrected chi connectivity index (χ3v) is 1.52. The lowest BCUT2D eigenvalue weighted by molar-refractivity contribution is -0.145. The molecule has 8 heavy (non-hydrogen) atoms. The molecular formula is C5H9NO2. The van der Waals surface area contributed by atoms with Gasteiger partial charge < -0.3 is 10.8 Å².